The largest absolute Gasteiger partial charge is 0.242 e. The highest BCUT2D eigenvalue weighted by atomic mass is 79.9. The van der Waals surface area contributed by atoms with Crippen molar-refractivity contribution >= 4 is 41.9 Å². The maximum atomic E-state index is 12.5. The molecule has 0 unspecified atom stereocenters. The van der Waals surface area contributed by atoms with Gasteiger partial charge in [-0.15, -0.1) is 0 Å². The first-order chi connectivity index (χ1) is 9.81. The van der Waals surface area contributed by atoms with Gasteiger partial charge < -0.3 is 0 Å². The number of rotatable bonds is 4. The molecule has 3 nitrogen and oxygen atoms in total. The molecule has 2 aromatic rings. The van der Waals surface area contributed by atoms with E-state index in [2.05, 4.69) is 36.6 Å². The Labute approximate surface area is 142 Å². The summed E-state index contributed by atoms with van der Waals surface area (Å²) >= 11 is 6.70. The summed E-state index contributed by atoms with van der Waals surface area (Å²) in [5.41, 5.74) is 1.79. The molecule has 0 radical (unpaired) electrons. The number of hydrogen-bond donors (Lipinski definition) is 1. The van der Waals surface area contributed by atoms with Gasteiger partial charge in [-0.1, -0.05) is 46.3 Å². The van der Waals surface area contributed by atoms with Gasteiger partial charge in [-0.2, -0.15) is 0 Å². The molecule has 2 aromatic carbocycles. The Bertz CT molecular complexity index is 746. The summed E-state index contributed by atoms with van der Waals surface area (Å²) in [6.07, 6.45) is 0. The average molecular weight is 433 g/mol. The monoisotopic (exact) mass is 431 g/mol. The van der Waals surface area contributed by atoms with Crippen LogP contribution in [-0.4, -0.2) is 8.42 Å². The molecule has 1 atom stereocenters. The van der Waals surface area contributed by atoms with Crippen molar-refractivity contribution in [3.05, 3.63) is 62.5 Å². The molecule has 2 rings (SSSR count). The highest BCUT2D eigenvalue weighted by Crippen LogP contribution is 2.29. The second-order valence-corrected chi connectivity index (χ2v) is 8.18. The van der Waals surface area contributed by atoms with E-state index in [0.717, 1.165) is 15.6 Å². The van der Waals surface area contributed by atoms with E-state index >= 15 is 0 Å². The highest BCUT2D eigenvalue weighted by Gasteiger charge is 2.21. The van der Waals surface area contributed by atoms with Gasteiger partial charge in [0.25, 0.3) is 0 Å². The van der Waals surface area contributed by atoms with Crippen LogP contribution < -0.4 is 4.72 Å². The lowest BCUT2D eigenvalue weighted by molar-refractivity contribution is 0.566. The number of benzene rings is 2. The number of hydrogen-bond acceptors (Lipinski definition) is 2. The molecule has 0 heterocycles. The van der Waals surface area contributed by atoms with E-state index in [-0.39, 0.29) is 10.9 Å². The summed E-state index contributed by atoms with van der Waals surface area (Å²) in [6, 6.07) is 12.6. The SMILES string of the molecule is Cc1cc(S(=O)(=O)N[C@@H](C)c2ccccc2)c(Br)cc1Br. The van der Waals surface area contributed by atoms with E-state index in [4.69, 9.17) is 0 Å². The topological polar surface area (TPSA) is 46.2 Å². The van der Waals surface area contributed by atoms with Crippen LogP contribution in [-0.2, 0) is 10.0 Å². The molecule has 21 heavy (non-hydrogen) atoms. The van der Waals surface area contributed by atoms with Gasteiger partial charge in [-0.05, 0) is 53.0 Å². The lowest BCUT2D eigenvalue weighted by atomic mass is 10.1. The van der Waals surface area contributed by atoms with Crippen LogP contribution >= 0.6 is 31.9 Å². The number of sulfonamides is 1. The van der Waals surface area contributed by atoms with Crippen LogP contribution in [0.15, 0.2) is 56.3 Å². The van der Waals surface area contributed by atoms with Crippen LogP contribution in [0, 0.1) is 6.92 Å². The first kappa shape index (κ1) is 16.7. The number of aryl methyl sites for hydroxylation is 1. The fourth-order valence-electron chi connectivity index (χ4n) is 1.94. The Hall–Kier alpha value is -0.690. The summed E-state index contributed by atoms with van der Waals surface area (Å²) < 4.78 is 29.2. The predicted octanol–water partition coefficient (Wildman–Crippen LogP) is 4.56. The molecule has 0 saturated heterocycles. The molecule has 0 aliphatic rings. The Kier molecular flexibility index (Phi) is 5.24. The summed E-state index contributed by atoms with van der Waals surface area (Å²) in [6.45, 7) is 3.68. The van der Waals surface area contributed by atoms with Crippen LogP contribution in [0.3, 0.4) is 0 Å². The highest BCUT2D eigenvalue weighted by molar-refractivity contribution is 9.11. The van der Waals surface area contributed by atoms with Gasteiger partial charge in [0.2, 0.25) is 10.0 Å². The molecular weight excluding hydrogens is 418 g/mol. The third-order valence-corrected chi connectivity index (χ3v) is 6.49. The summed E-state index contributed by atoms with van der Waals surface area (Å²) in [5.74, 6) is 0. The third kappa shape index (κ3) is 3.94. The van der Waals surface area contributed by atoms with Gasteiger partial charge in [0.05, 0.1) is 4.90 Å². The Balaban J connectivity index is 2.33. The summed E-state index contributed by atoms with van der Waals surface area (Å²) in [5, 5.41) is 0. The Morgan fingerprint density at radius 1 is 1.05 bits per heavy atom. The molecule has 6 heteroatoms. The first-order valence-electron chi connectivity index (χ1n) is 6.34. The maximum Gasteiger partial charge on any atom is 0.242 e. The molecular formula is C15H15Br2NO2S. The Morgan fingerprint density at radius 2 is 1.67 bits per heavy atom. The van der Waals surface area contributed by atoms with E-state index in [1.54, 1.807) is 12.1 Å². The van der Waals surface area contributed by atoms with Crippen molar-refractivity contribution in [1.82, 2.24) is 4.72 Å². The summed E-state index contributed by atoms with van der Waals surface area (Å²) in [4.78, 5) is 0.242. The maximum absolute atomic E-state index is 12.5. The fourth-order valence-corrected chi connectivity index (χ4v) is 4.95. The van der Waals surface area contributed by atoms with E-state index in [1.165, 1.54) is 0 Å². The minimum atomic E-state index is -3.60. The zero-order valence-corrected chi connectivity index (χ0v) is 15.6. The van der Waals surface area contributed by atoms with Crippen molar-refractivity contribution < 1.29 is 8.42 Å². The van der Waals surface area contributed by atoms with Gasteiger partial charge in [0.1, 0.15) is 0 Å². The lowest BCUT2D eigenvalue weighted by Gasteiger charge is -2.16. The van der Waals surface area contributed by atoms with Crippen molar-refractivity contribution in [1.29, 1.82) is 0 Å². The second kappa shape index (κ2) is 6.60. The predicted molar refractivity (Wildman–Crippen MR) is 91.8 cm³/mol. The van der Waals surface area contributed by atoms with Crippen molar-refractivity contribution in [2.24, 2.45) is 0 Å². The molecule has 0 fully saturated rings. The fraction of sp³-hybridized carbons (Fsp3) is 0.200. The van der Waals surface area contributed by atoms with E-state index in [1.807, 2.05) is 44.2 Å². The Morgan fingerprint density at radius 3 is 2.29 bits per heavy atom. The molecule has 0 bridgehead atoms. The molecule has 0 amide bonds. The van der Waals surface area contributed by atoms with E-state index in [0.29, 0.717) is 4.47 Å². The van der Waals surface area contributed by atoms with E-state index < -0.39 is 10.0 Å². The molecule has 0 saturated carbocycles. The lowest BCUT2D eigenvalue weighted by Crippen LogP contribution is -2.27. The zero-order chi connectivity index (χ0) is 15.6. The molecule has 1 N–H and O–H groups in total. The van der Waals surface area contributed by atoms with Crippen LogP contribution in [0.5, 0.6) is 0 Å². The second-order valence-electron chi connectivity index (χ2n) is 4.79. The van der Waals surface area contributed by atoms with Gasteiger partial charge in [-0.3, -0.25) is 0 Å². The normalized spacial score (nSPS) is 13.1. The van der Waals surface area contributed by atoms with Gasteiger partial charge in [-0.25, -0.2) is 13.1 Å². The van der Waals surface area contributed by atoms with Crippen LogP contribution in [0.25, 0.3) is 0 Å². The number of nitrogens with one attached hydrogen (secondary N) is 1. The number of halogens is 2. The van der Waals surface area contributed by atoms with Crippen LogP contribution in [0.4, 0.5) is 0 Å². The average Bonchev–Trinajstić information content (AvgIpc) is 2.43. The third-order valence-electron chi connectivity index (χ3n) is 3.13. The molecule has 0 aliphatic carbocycles. The van der Waals surface area contributed by atoms with Gasteiger partial charge in [0, 0.05) is 15.0 Å². The smallest absolute Gasteiger partial charge is 0.207 e. The van der Waals surface area contributed by atoms with Gasteiger partial charge >= 0.3 is 0 Å². The van der Waals surface area contributed by atoms with Gasteiger partial charge in [0.15, 0.2) is 0 Å². The van der Waals surface area contributed by atoms with Crippen LogP contribution in [0.2, 0.25) is 0 Å². The standard InChI is InChI=1S/C15H15Br2NO2S/c1-10-8-15(14(17)9-13(10)16)21(19,20)18-11(2)12-6-4-3-5-7-12/h3-9,11,18H,1-2H3/t11-/m0/s1. The minimum absolute atomic E-state index is 0.242. The van der Waals surface area contributed by atoms with Crippen molar-refractivity contribution in [3.63, 3.8) is 0 Å². The molecule has 0 spiro atoms. The van der Waals surface area contributed by atoms with Crippen molar-refractivity contribution in [2.75, 3.05) is 0 Å². The quantitative estimate of drug-likeness (QED) is 0.769. The molecule has 0 aromatic heterocycles. The van der Waals surface area contributed by atoms with Crippen molar-refractivity contribution in [3.8, 4) is 0 Å². The first-order valence-corrected chi connectivity index (χ1v) is 9.41. The van der Waals surface area contributed by atoms with E-state index in [9.17, 15) is 8.42 Å². The zero-order valence-electron chi connectivity index (χ0n) is 11.6. The minimum Gasteiger partial charge on any atom is -0.207 e. The van der Waals surface area contributed by atoms with Crippen LogP contribution in [0.1, 0.15) is 24.1 Å². The molecule has 112 valence electrons. The van der Waals surface area contributed by atoms with Crippen molar-refractivity contribution in [2.45, 2.75) is 24.8 Å². The molecule has 0 aliphatic heterocycles. The summed E-state index contributed by atoms with van der Waals surface area (Å²) in [7, 11) is -3.60.